The summed E-state index contributed by atoms with van der Waals surface area (Å²) in [5.41, 5.74) is 2.83. The van der Waals surface area contributed by atoms with Crippen molar-refractivity contribution in [3.05, 3.63) is 76.1 Å². The number of nitrogens with one attached hydrogen (secondary N) is 1. The van der Waals surface area contributed by atoms with Crippen molar-refractivity contribution in [1.29, 1.82) is 5.53 Å². The first-order valence-corrected chi connectivity index (χ1v) is 12.9. The number of carbonyl (C=O) groups is 1. The van der Waals surface area contributed by atoms with Gasteiger partial charge in [0.1, 0.15) is 16.8 Å². The van der Waals surface area contributed by atoms with Crippen LogP contribution in [-0.2, 0) is 12.7 Å². The molecule has 0 bridgehead atoms. The topological polar surface area (TPSA) is 113 Å². The van der Waals surface area contributed by atoms with Crippen molar-refractivity contribution < 1.29 is 40.3 Å². The summed E-state index contributed by atoms with van der Waals surface area (Å²) in [5, 5.41) is 6.59. The Labute approximate surface area is 243 Å². The van der Waals surface area contributed by atoms with Gasteiger partial charge < -0.3 is 9.64 Å². The molecule has 1 fully saturated rings. The number of alkyl halides is 3. The van der Waals surface area contributed by atoms with Crippen LogP contribution in [0.25, 0.3) is 16.9 Å². The lowest BCUT2D eigenvalue weighted by atomic mass is 10.0. The number of methoxy groups -OCH3 is 1. The van der Waals surface area contributed by atoms with Gasteiger partial charge in [-0.2, -0.15) is 18.3 Å². The molecule has 44 heavy (non-hydrogen) atoms. The molecule has 3 heterocycles. The fraction of sp³-hybridized carbons (Fsp3) is 0.296. The molecule has 230 valence electrons. The largest absolute Gasteiger partial charge is 0.497 e. The predicted molar refractivity (Wildman–Crippen MR) is 139 cm³/mol. The van der Waals surface area contributed by atoms with Crippen molar-refractivity contribution in [2.75, 3.05) is 33.3 Å². The zero-order valence-electron chi connectivity index (χ0n) is 23.0. The average Bonchev–Trinajstić information content (AvgIpc) is 3.42. The van der Waals surface area contributed by atoms with Gasteiger partial charge in [-0.3, -0.25) is 9.69 Å². The molecule has 0 aliphatic carbocycles. The lowest BCUT2D eigenvalue weighted by Crippen LogP contribution is -2.48. The van der Waals surface area contributed by atoms with E-state index in [1.165, 1.54) is 23.8 Å². The molecule has 0 radical (unpaired) electrons. The Morgan fingerprint density at radius 1 is 1.02 bits per heavy atom. The van der Waals surface area contributed by atoms with Gasteiger partial charge in [0.15, 0.2) is 39.7 Å². The van der Waals surface area contributed by atoms with Gasteiger partial charge in [-0.05, 0) is 31.2 Å². The number of benzene rings is 2. The fourth-order valence-electron chi connectivity index (χ4n) is 5.03. The number of aromatic nitrogens is 3. The highest BCUT2D eigenvalue weighted by Crippen LogP contribution is 2.37. The second kappa shape index (κ2) is 11.7. The van der Waals surface area contributed by atoms with Crippen LogP contribution in [0.15, 0.2) is 35.6 Å². The van der Waals surface area contributed by atoms with E-state index in [0.29, 0.717) is 15.8 Å². The van der Waals surface area contributed by atoms with Crippen LogP contribution in [0.4, 0.5) is 36.4 Å². The number of piperazine rings is 1. The van der Waals surface area contributed by atoms with E-state index in [9.17, 15) is 35.5 Å². The first kappa shape index (κ1) is 30.6. The molecule has 1 N–H and O–H groups in total. The first-order chi connectivity index (χ1) is 20.9. The van der Waals surface area contributed by atoms with Gasteiger partial charge in [-0.25, -0.2) is 27.1 Å². The van der Waals surface area contributed by atoms with E-state index < -0.39 is 58.8 Å². The van der Waals surface area contributed by atoms with Crippen molar-refractivity contribution in [2.24, 2.45) is 5.11 Å². The van der Waals surface area contributed by atoms with Gasteiger partial charge in [-0.15, -0.1) is 0 Å². The van der Waals surface area contributed by atoms with Crippen molar-refractivity contribution in [3.63, 3.8) is 0 Å². The molecule has 0 unspecified atom stereocenters. The van der Waals surface area contributed by atoms with E-state index in [-0.39, 0.29) is 48.6 Å². The van der Waals surface area contributed by atoms with E-state index in [1.807, 2.05) is 0 Å². The van der Waals surface area contributed by atoms with Gasteiger partial charge in [0.25, 0.3) is 5.91 Å². The molecular formula is C27H22F7N8O2+. The third-order valence-corrected chi connectivity index (χ3v) is 7.27. The zero-order valence-corrected chi connectivity index (χ0v) is 23.0. The summed E-state index contributed by atoms with van der Waals surface area (Å²) in [6.07, 6.45) is -3.84. The highest BCUT2D eigenvalue weighted by Gasteiger charge is 2.39. The summed E-state index contributed by atoms with van der Waals surface area (Å²) in [5.74, 6) is -7.17. The number of hydrogen-bond acceptors (Lipinski definition) is 7. The Hall–Kier alpha value is -4.89. The Bertz CT molecular complexity index is 1780. The molecule has 2 aromatic carbocycles. The van der Waals surface area contributed by atoms with Crippen molar-refractivity contribution in [3.8, 4) is 17.0 Å². The maximum absolute atomic E-state index is 14.5. The monoisotopic (exact) mass is 623 g/mol. The maximum Gasteiger partial charge on any atom is 0.433 e. The minimum Gasteiger partial charge on any atom is -0.497 e. The number of nitrogens with zero attached hydrogens (tertiary/aromatic N) is 7. The second-order valence-corrected chi connectivity index (χ2v) is 9.81. The molecule has 17 heteroatoms. The van der Waals surface area contributed by atoms with Gasteiger partial charge in [0, 0.05) is 49.4 Å². The fourth-order valence-corrected chi connectivity index (χ4v) is 5.03. The Kier molecular flexibility index (Phi) is 8.09. The Balaban J connectivity index is 1.42. The van der Waals surface area contributed by atoms with Crippen molar-refractivity contribution in [1.82, 2.24) is 29.3 Å². The minimum absolute atomic E-state index is 0.00872. The normalized spacial score (nSPS) is 14.2. The SMILES string of the molecule is COc1ccc(-c2nc3c(C(=O)N4CCN(Cc5c(F)c(F)c(N=[N+]=N)c(F)c5F)CC4)cnn3c(C(F)(F)F)c2C)cc1. The molecule has 1 amide bonds. The number of hydrogen-bond donors (Lipinski definition) is 1. The predicted octanol–water partition coefficient (Wildman–Crippen LogP) is 5.43. The molecule has 1 aliphatic heterocycles. The number of amides is 1. The number of carbonyl (C=O) groups excluding carboxylic acids is 1. The van der Waals surface area contributed by atoms with E-state index in [1.54, 1.807) is 24.3 Å². The standard InChI is InChI=1S/C27H22F7N8O2/c1-13-22(14-3-5-15(44-2)6-4-14)37-25-16(11-36-42(25)24(13)27(32,33)34)26(43)41-9-7-40(8-10-41)12-17-18(28)20(30)23(38-39-35)21(31)19(17)29/h3-6,11,35H,7-10,12H2,1-2H3/q+1. The van der Waals surface area contributed by atoms with Crippen LogP contribution in [0.1, 0.15) is 27.2 Å². The van der Waals surface area contributed by atoms with Gasteiger partial charge >= 0.3 is 6.18 Å². The molecule has 10 nitrogen and oxygen atoms in total. The van der Waals surface area contributed by atoms with Crippen molar-refractivity contribution in [2.45, 2.75) is 19.6 Å². The minimum atomic E-state index is -4.84. The van der Waals surface area contributed by atoms with E-state index >= 15 is 0 Å². The summed E-state index contributed by atoms with van der Waals surface area (Å²) in [4.78, 5) is 23.0. The lowest BCUT2D eigenvalue weighted by Gasteiger charge is -2.34. The molecule has 4 aromatic rings. The lowest BCUT2D eigenvalue weighted by molar-refractivity contribution is -0.143. The Morgan fingerprint density at radius 2 is 1.64 bits per heavy atom. The number of halogens is 7. The highest BCUT2D eigenvalue weighted by atomic mass is 19.4. The molecule has 0 spiro atoms. The van der Waals surface area contributed by atoms with Crippen molar-refractivity contribution >= 4 is 17.2 Å². The third-order valence-electron chi connectivity index (χ3n) is 7.27. The van der Waals surface area contributed by atoms with Crippen LogP contribution in [0.3, 0.4) is 0 Å². The smallest absolute Gasteiger partial charge is 0.433 e. The van der Waals surface area contributed by atoms with Crippen LogP contribution in [-0.4, -0.2) is 63.6 Å². The summed E-state index contributed by atoms with van der Waals surface area (Å²) >= 11 is 0. The van der Waals surface area contributed by atoms with Gasteiger partial charge in [-0.1, -0.05) is 0 Å². The molecule has 0 saturated carbocycles. The molecule has 5 rings (SSSR count). The molecule has 1 saturated heterocycles. The second-order valence-electron chi connectivity index (χ2n) is 9.81. The average molecular weight is 624 g/mol. The molecule has 2 aromatic heterocycles. The van der Waals surface area contributed by atoms with E-state index in [2.05, 4.69) is 20.1 Å². The van der Waals surface area contributed by atoms with E-state index in [4.69, 9.17) is 10.3 Å². The molecule has 1 aliphatic rings. The molecule has 0 atom stereocenters. The Morgan fingerprint density at radius 3 is 2.18 bits per heavy atom. The van der Waals surface area contributed by atoms with Crippen LogP contribution in [0.5, 0.6) is 5.75 Å². The van der Waals surface area contributed by atoms with Gasteiger partial charge in [0.05, 0.1) is 19.0 Å². The summed E-state index contributed by atoms with van der Waals surface area (Å²) in [7, 11) is 1.44. The highest BCUT2D eigenvalue weighted by molar-refractivity contribution is 6.00. The third kappa shape index (κ3) is 5.35. The number of fused-ring (bicyclic) bond motifs is 1. The summed E-state index contributed by atoms with van der Waals surface area (Å²) in [6.45, 7) is 0.673. The van der Waals surface area contributed by atoms with Crippen LogP contribution in [0.2, 0.25) is 0 Å². The zero-order chi connectivity index (χ0) is 31.9. The quantitative estimate of drug-likeness (QED) is 0.133. The number of ether oxygens (including phenoxy) is 1. The van der Waals surface area contributed by atoms with E-state index in [0.717, 1.165) is 6.20 Å². The van der Waals surface area contributed by atoms with Crippen LogP contribution >= 0.6 is 0 Å². The number of rotatable bonds is 6. The summed E-state index contributed by atoms with van der Waals surface area (Å²) < 4.78 is 106. The molecular weight excluding hydrogens is 601 g/mol. The van der Waals surface area contributed by atoms with Gasteiger partial charge in [0.2, 0.25) is 10.6 Å². The van der Waals surface area contributed by atoms with Crippen LogP contribution in [0, 0.1) is 35.7 Å². The van der Waals surface area contributed by atoms with Crippen LogP contribution < -0.4 is 9.65 Å². The first-order valence-electron chi connectivity index (χ1n) is 12.9. The maximum atomic E-state index is 14.5. The summed E-state index contributed by atoms with van der Waals surface area (Å²) in [6, 6.07) is 6.21.